The Labute approximate surface area is 241 Å². The number of rotatable bonds is 19. The quantitative estimate of drug-likeness (QED) is 0.192. The molecule has 0 aromatic carbocycles. The van der Waals surface area contributed by atoms with Gasteiger partial charge in [0.1, 0.15) is 0 Å². The number of piperidine rings is 1. The highest BCUT2D eigenvalue weighted by Gasteiger charge is 2.41. The number of unbranched alkanes of at least 4 members (excludes halogenated alkanes) is 5. The van der Waals surface area contributed by atoms with Crippen molar-refractivity contribution in [3.63, 3.8) is 0 Å². The Balaban J connectivity index is 2.63. The average Bonchev–Trinajstić information content (AvgIpc) is 2.87. The van der Waals surface area contributed by atoms with Crippen molar-refractivity contribution in [3.05, 3.63) is 0 Å². The zero-order chi connectivity index (χ0) is 28.9. The van der Waals surface area contributed by atoms with Gasteiger partial charge in [0, 0.05) is 49.8 Å². The Morgan fingerprint density at radius 1 is 0.564 bits per heavy atom. The number of nitrogens with one attached hydrogen (secondary N) is 1. The average molecular weight is 546 g/mol. The lowest BCUT2D eigenvalue weighted by atomic mass is 9.79. The molecule has 0 unspecified atom stereocenters. The van der Waals surface area contributed by atoms with Gasteiger partial charge in [-0.3, -0.25) is 0 Å². The fraction of sp³-hybridized carbons (Fsp3) is 0.906. The SMILES string of the molecule is CCCCN(CCCC)c1nc(N(CCCC)CCCC)nc(N(CCCC)C2CC(C)(C)NC(C)(C)C2)n1. The van der Waals surface area contributed by atoms with Gasteiger partial charge in [0.15, 0.2) is 0 Å². The third-order valence-corrected chi connectivity index (χ3v) is 7.91. The molecule has 7 heteroatoms. The molecule has 226 valence electrons. The molecular formula is C32H63N7. The van der Waals surface area contributed by atoms with Crippen molar-refractivity contribution in [3.8, 4) is 0 Å². The van der Waals surface area contributed by atoms with Gasteiger partial charge >= 0.3 is 0 Å². The fourth-order valence-corrected chi connectivity index (χ4v) is 6.04. The van der Waals surface area contributed by atoms with Crippen molar-refractivity contribution in [2.75, 3.05) is 47.4 Å². The van der Waals surface area contributed by atoms with Gasteiger partial charge in [-0.05, 0) is 72.6 Å². The van der Waals surface area contributed by atoms with Crippen LogP contribution in [0.1, 0.15) is 139 Å². The summed E-state index contributed by atoms with van der Waals surface area (Å²) in [6.07, 6.45) is 13.8. The zero-order valence-corrected chi connectivity index (χ0v) is 27.3. The molecule has 1 fully saturated rings. The summed E-state index contributed by atoms with van der Waals surface area (Å²) in [5.41, 5.74) is 0.135. The van der Waals surface area contributed by atoms with Crippen molar-refractivity contribution in [1.29, 1.82) is 0 Å². The summed E-state index contributed by atoms with van der Waals surface area (Å²) >= 11 is 0. The van der Waals surface area contributed by atoms with E-state index in [1.165, 1.54) is 25.7 Å². The van der Waals surface area contributed by atoms with Gasteiger partial charge in [0.2, 0.25) is 17.8 Å². The Morgan fingerprint density at radius 3 is 1.26 bits per heavy atom. The third kappa shape index (κ3) is 11.0. The van der Waals surface area contributed by atoms with Crippen LogP contribution in [-0.4, -0.2) is 64.8 Å². The molecule has 1 saturated heterocycles. The van der Waals surface area contributed by atoms with Gasteiger partial charge in [-0.2, -0.15) is 15.0 Å². The van der Waals surface area contributed by atoms with E-state index in [0.717, 1.165) is 102 Å². The maximum atomic E-state index is 5.29. The standard InChI is InChI=1S/C32H63N7/c1-10-15-20-37(21-16-11-2)28-33-29(38(22-17-12-3)23-18-13-4)35-30(34-28)39(24-19-14-5)27-25-31(6,7)36-32(8,9)26-27/h27,36H,10-26H2,1-9H3. The third-order valence-electron chi connectivity index (χ3n) is 7.91. The summed E-state index contributed by atoms with van der Waals surface area (Å²) in [5, 5.41) is 3.88. The molecule has 0 radical (unpaired) electrons. The molecular weight excluding hydrogens is 482 g/mol. The number of hydrogen-bond donors (Lipinski definition) is 1. The first-order valence-corrected chi connectivity index (χ1v) is 16.4. The summed E-state index contributed by atoms with van der Waals surface area (Å²) < 4.78 is 0. The van der Waals surface area contributed by atoms with Gasteiger partial charge in [0.25, 0.3) is 0 Å². The summed E-state index contributed by atoms with van der Waals surface area (Å²) in [7, 11) is 0. The van der Waals surface area contributed by atoms with Crippen molar-refractivity contribution in [1.82, 2.24) is 20.3 Å². The Bertz CT molecular complexity index is 739. The van der Waals surface area contributed by atoms with Gasteiger partial charge in [-0.15, -0.1) is 0 Å². The van der Waals surface area contributed by atoms with Crippen LogP contribution in [0.3, 0.4) is 0 Å². The Kier molecular flexibility index (Phi) is 14.3. The molecule has 2 heterocycles. The molecule has 1 aromatic rings. The van der Waals surface area contributed by atoms with Crippen LogP contribution in [0.25, 0.3) is 0 Å². The predicted octanol–water partition coefficient (Wildman–Crippen LogP) is 7.60. The van der Waals surface area contributed by atoms with Crippen molar-refractivity contribution in [2.24, 2.45) is 0 Å². The van der Waals surface area contributed by atoms with Crippen molar-refractivity contribution < 1.29 is 0 Å². The van der Waals surface area contributed by atoms with Crippen molar-refractivity contribution in [2.45, 2.75) is 156 Å². The van der Waals surface area contributed by atoms with E-state index >= 15 is 0 Å². The smallest absolute Gasteiger partial charge is 0.232 e. The Morgan fingerprint density at radius 2 is 0.897 bits per heavy atom. The van der Waals surface area contributed by atoms with E-state index in [1.54, 1.807) is 0 Å². The molecule has 2 rings (SSSR count). The predicted molar refractivity (Wildman–Crippen MR) is 170 cm³/mol. The molecule has 0 spiro atoms. The van der Waals surface area contributed by atoms with E-state index in [2.05, 4.69) is 82.3 Å². The summed E-state index contributed by atoms with van der Waals surface area (Å²) in [6, 6.07) is 0.394. The molecule has 0 atom stereocenters. The van der Waals surface area contributed by atoms with Gasteiger partial charge in [0.05, 0.1) is 0 Å². The van der Waals surface area contributed by atoms with Crippen LogP contribution in [0.15, 0.2) is 0 Å². The molecule has 39 heavy (non-hydrogen) atoms. The van der Waals surface area contributed by atoms with E-state index in [4.69, 9.17) is 15.0 Å². The number of anilines is 3. The monoisotopic (exact) mass is 546 g/mol. The lowest BCUT2D eigenvalue weighted by molar-refractivity contribution is 0.157. The molecule has 1 aliphatic rings. The first-order valence-electron chi connectivity index (χ1n) is 16.4. The molecule has 0 bridgehead atoms. The normalized spacial score (nSPS) is 16.8. The maximum absolute atomic E-state index is 5.29. The molecule has 7 nitrogen and oxygen atoms in total. The minimum absolute atomic E-state index is 0.0676. The second kappa shape index (κ2) is 16.6. The van der Waals surface area contributed by atoms with E-state index in [0.29, 0.717) is 6.04 Å². The van der Waals surface area contributed by atoms with Crippen LogP contribution in [0, 0.1) is 0 Å². The molecule has 1 aliphatic heterocycles. The highest BCUT2D eigenvalue weighted by Crippen LogP contribution is 2.34. The first kappa shape index (κ1) is 33.6. The molecule has 0 amide bonds. The van der Waals surface area contributed by atoms with E-state index < -0.39 is 0 Å². The summed E-state index contributed by atoms with van der Waals surface area (Å²) in [6.45, 7) is 25.8. The van der Waals surface area contributed by atoms with Gasteiger partial charge in [-0.25, -0.2) is 0 Å². The minimum Gasteiger partial charge on any atom is -0.341 e. The summed E-state index contributed by atoms with van der Waals surface area (Å²) in [4.78, 5) is 23.2. The van der Waals surface area contributed by atoms with Crippen LogP contribution in [-0.2, 0) is 0 Å². The van der Waals surface area contributed by atoms with Crippen LogP contribution in [0.2, 0.25) is 0 Å². The Hall–Kier alpha value is -1.63. The molecule has 1 N–H and O–H groups in total. The zero-order valence-electron chi connectivity index (χ0n) is 27.3. The van der Waals surface area contributed by atoms with E-state index in [-0.39, 0.29) is 11.1 Å². The van der Waals surface area contributed by atoms with E-state index in [9.17, 15) is 0 Å². The van der Waals surface area contributed by atoms with Crippen LogP contribution >= 0.6 is 0 Å². The maximum Gasteiger partial charge on any atom is 0.232 e. The van der Waals surface area contributed by atoms with Gasteiger partial charge < -0.3 is 20.0 Å². The molecule has 1 aromatic heterocycles. The second-order valence-electron chi connectivity index (χ2n) is 13.1. The van der Waals surface area contributed by atoms with E-state index in [1.807, 2.05) is 0 Å². The largest absolute Gasteiger partial charge is 0.341 e. The number of hydrogen-bond acceptors (Lipinski definition) is 7. The lowest BCUT2D eigenvalue weighted by Crippen LogP contribution is -2.62. The van der Waals surface area contributed by atoms with Gasteiger partial charge in [-0.1, -0.05) is 66.7 Å². The fourth-order valence-electron chi connectivity index (χ4n) is 6.04. The van der Waals surface area contributed by atoms with Crippen LogP contribution in [0.5, 0.6) is 0 Å². The molecule has 0 saturated carbocycles. The number of aromatic nitrogens is 3. The first-order chi connectivity index (χ1) is 18.6. The van der Waals surface area contributed by atoms with Crippen molar-refractivity contribution >= 4 is 17.8 Å². The highest BCUT2D eigenvalue weighted by atomic mass is 15.4. The number of nitrogens with zero attached hydrogens (tertiary/aromatic N) is 6. The minimum atomic E-state index is 0.0676. The lowest BCUT2D eigenvalue weighted by Gasteiger charge is -2.49. The van der Waals surface area contributed by atoms with Crippen LogP contribution in [0.4, 0.5) is 17.8 Å². The summed E-state index contributed by atoms with van der Waals surface area (Å²) in [5.74, 6) is 2.64. The second-order valence-corrected chi connectivity index (χ2v) is 13.1. The van der Waals surface area contributed by atoms with Crippen LogP contribution < -0.4 is 20.0 Å². The topological polar surface area (TPSA) is 60.4 Å². The highest BCUT2D eigenvalue weighted by molar-refractivity contribution is 5.47. The molecule has 0 aliphatic carbocycles.